The van der Waals surface area contributed by atoms with Crippen LogP contribution in [0.15, 0.2) is 65.3 Å². The van der Waals surface area contributed by atoms with Crippen molar-refractivity contribution in [3.05, 3.63) is 70.9 Å². The molecule has 0 saturated heterocycles. The van der Waals surface area contributed by atoms with Gasteiger partial charge in [0.15, 0.2) is 40.0 Å². The van der Waals surface area contributed by atoms with Crippen molar-refractivity contribution in [3.8, 4) is 11.5 Å². The lowest BCUT2D eigenvalue weighted by Gasteiger charge is -2.71. The molecule has 4 fully saturated rings. The van der Waals surface area contributed by atoms with E-state index in [1.54, 1.807) is 0 Å². The van der Waals surface area contributed by atoms with Gasteiger partial charge in [0, 0.05) is 11.5 Å². The van der Waals surface area contributed by atoms with Gasteiger partial charge in [-0.1, -0.05) is 60.9 Å². The van der Waals surface area contributed by atoms with E-state index in [1.165, 1.54) is 12.1 Å². The summed E-state index contributed by atoms with van der Waals surface area (Å²) in [6, 6.07) is 3.64. The molecule has 1 aromatic rings. The van der Waals surface area contributed by atoms with Crippen molar-refractivity contribution >= 4 is 23.1 Å². The highest BCUT2D eigenvalue weighted by Gasteiger charge is 2.86. The second-order valence-corrected chi connectivity index (χ2v) is 14.9. The average molecular weight is 601 g/mol. The van der Waals surface area contributed by atoms with Gasteiger partial charge in [-0.05, 0) is 110 Å². The van der Waals surface area contributed by atoms with Crippen LogP contribution in [0.3, 0.4) is 0 Å². The van der Waals surface area contributed by atoms with Gasteiger partial charge >= 0.3 is 0 Å². The highest BCUT2D eigenvalue weighted by molar-refractivity contribution is 6.42. The van der Waals surface area contributed by atoms with Crippen molar-refractivity contribution in [1.82, 2.24) is 0 Å². The van der Waals surface area contributed by atoms with Gasteiger partial charge in [0.25, 0.3) is 0 Å². The maximum atomic E-state index is 15.3. The molecule has 6 atom stereocenters. The Bertz CT molecular complexity index is 1540. The lowest BCUT2D eigenvalue weighted by atomic mass is 9.26. The molecule has 4 aliphatic carbocycles. The largest absolute Gasteiger partial charge is 0.504 e. The van der Waals surface area contributed by atoms with E-state index in [4.69, 9.17) is 0 Å². The Hall–Kier alpha value is -3.54. The predicted octanol–water partition coefficient (Wildman–Crippen LogP) is 7.90. The van der Waals surface area contributed by atoms with Crippen molar-refractivity contribution in [3.63, 3.8) is 0 Å². The fourth-order valence-corrected chi connectivity index (χ4v) is 8.51. The smallest absolute Gasteiger partial charge is 0.184 e. The fourth-order valence-electron chi connectivity index (χ4n) is 8.51. The van der Waals surface area contributed by atoms with Gasteiger partial charge in [0.05, 0.1) is 10.8 Å². The first-order valence-corrected chi connectivity index (χ1v) is 15.6. The van der Waals surface area contributed by atoms with Crippen LogP contribution in [0.5, 0.6) is 11.5 Å². The van der Waals surface area contributed by atoms with Crippen LogP contribution in [0.25, 0.3) is 0 Å². The summed E-state index contributed by atoms with van der Waals surface area (Å²) < 4.78 is 0. The summed E-state index contributed by atoms with van der Waals surface area (Å²) in [5.41, 5.74) is -2.46. The molecule has 0 aliphatic heterocycles. The number of benzene rings is 1. The van der Waals surface area contributed by atoms with Gasteiger partial charge in [-0.25, -0.2) is 0 Å². The van der Waals surface area contributed by atoms with Crippen LogP contribution in [0.2, 0.25) is 0 Å². The van der Waals surface area contributed by atoms with Crippen LogP contribution < -0.4 is 0 Å². The number of hydrogen-bond donors (Lipinski definition) is 2. The minimum absolute atomic E-state index is 0.0464. The molecule has 236 valence electrons. The van der Waals surface area contributed by atoms with Crippen LogP contribution in [0.4, 0.5) is 0 Å². The van der Waals surface area contributed by atoms with E-state index < -0.39 is 56.4 Å². The molecule has 0 heterocycles. The summed E-state index contributed by atoms with van der Waals surface area (Å²) >= 11 is 0. The summed E-state index contributed by atoms with van der Waals surface area (Å²) in [5, 5.41) is 20.4. The second kappa shape index (κ2) is 11.1. The summed E-state index contributed by atoms with van der Waals surface area (Å²) in [6.45, 7) is 21.6. The number of rotatable bonds is 10. The highest BCUT2D eigenvalue weighted by atomic mass is 16.3. The third-order valence-electron chi connectivity index (χ3n) is 10.9. The second-order valence-electron chi connectivity index (χ2n) is 14.9. The van der Waals surface area contributed by atoms with Gasteiger partial charge in [0.1, 0.15) is 0 Å². The SMILES string of the molecule is C=C(C)C(CC=C(C)C)C[C@@]12C[C@H]3[C@@H](C=C(C)C)[C@@](C(=O)c4ccc(O)c(O)c4)(C1=O)C(=O)[C@@](CC=C(C)C)(C2=O)C3(C)C. The first kappa shape index (κ1) is 33.4. The molecule has 4 aliphatic rings. The monoisotopic (exact) mass is 600 g/mol. The first-order valence-electron chi connectivity index (χ1n) is 15.6. The molecule has 0 amide bonds. The maximum Gasteiger partial charge on any atom is 0.184 e. The standard InChI is InChI=1S/C38H48O6/c1-21(2)11-12-26(24(7)8)19-36-20-28-27(17-23(5)6)38(33(36)43,31(41)25-13-14-29(39)30(40)18-25)34(44)37(32(36)42,35(28,9)10)16-15-22(3)4/h11,13-15,17-18,26-28,39-40H,7,12,16,19-20H2,1-6,8-10H3/t26?,27-,28+,36+,37-,38-/m1/s1. The molecule has 44 heavy (non-hydrogen) atoms. The number of allylic oxidation sites excluding steroid dienone is 7. The lowest BCUT2D eigenvalue weighted by Crippen LogP contribution is -2.83. The Balaban J connectivity index is 2.12. The van der Waals surface area contributed by atoms with Crippen molar-refractivity contribution < 1.29 is 29.4 Å². The summed E-state index contributed by atoms with van der Waals surface area (Å²) in [6.07, 6.45) is 6.98. The fraction of sp³-hybridized carbons (Fsp3) is 0.526. The number of Topliss-reactive ketones (excluding diaryl/α,β-unsaturated/α-hetero) is 4. The normalized spacial score (nSPS) is 30.5. The van der Waals surface area contributed by atoms with Crippen LogP contribution in [0, 0.1) is 39.4 Å². The van der Waals surface area contributed by atoms with E-state index in [9.17, 15) is 15.0 Å². The Morgan fingerprint density at radius 3 is 2.05 bits per heavy atom. The number of carbonyl (C=O) groups is 4. The average Bonchev–Trinajstić information content (AvgIpc) is 2.91. The van der Waals surface area contributed by atoms with Gasteiger partial charge in [-0.2, -0.15) is 0 Å². The quantitative estimate of drug-likeness (QED) is 0.122. The topological polar surface area (TPSA) is 109 Å². The zero-order chi connectivity index (χ0) is 33.2. The summed E-state index contributed by atoms with van der Waals surface area (Å²) in [7, 11) is 0. The molecular formula is C38H48O6. The van der Waals surface area contributed by atoms with Gasteiger partial charge in [0.2, 0.25) is 0 Å². The van der Waals surface area contributed by atoms with Gasteiger partial charge < -0.3 is 10.2 Å². The van der Waals surface area contributed by atoms with Crippen molar-refractivity contribution in [2.75, 3.05) is 0 Å². The number of carbonyl (C=O) groups excluding carboxylic acids is 4. The van der Waals surface area contributed by atoms with Crippen LogP contribution in [0.1, 0.15) is 98.4 Å². The number of phenols is 2. The van der Waals surface area contributed by atoms with Crippen molar-refractivity contribution in [1.29, 1.82) is 0 Å². The number of phenolic OH excluding ortho intramolecular Hbond substituents is 2. The van der Waals surface area contributed by atoms with Crippen LogP contribution in [-0.4, -0.2) is 33.3 Å². The van der Waals surface area contributed by atoms with E-state index >= 15 is 14.4 Å². The predicted molar refractivity (Wildman–Crippen MR) is 172 cm³/mol. The molecule has 4 saturated carbocycles. The third kappa shape index (κ3) is 4.50. The van der Waals surface area contributed by atoms with Gasteiger partial charge in [-0.3, -0.25) is 19.2 Å². The van der Waals surface area contributed by atoms with E-state index in [0.717, 1.165) is 28.4 Å². The first-order chi connectivity index (χ1) is 20.3. The highest BCUT2D eigenvalue weighted by Crippen LogP contribution is 2.75. The Kier molecular flexibility index (Phi) is 8.43. The molecule has 0 aromatic heterocycles. The molecule has 6 nitrogen and oxygen atoms in total. The Morgan fingerprint density at radius 2 is 1.52 bits per heavy atom. The minimum atomic E-state index is -2.15. The Morgan fingerprint density at radius 1 is 0.909 bits per heavy atom. The molecule has 1 aromatic carbocycles. The molecule has 0 spiro atoms. The zero-order valence-electron chi connectivity index (χ0n) is 27.8. The van der Waals surface area contributed by atoms with Gasteiger partial charge in [-0.15, -0.1) is 0 Å². The molecule has 6 heteroatoms. The van der Waals surface area contributed by atoms with E-state index in [2.05, 4.69) is 12.7 Å². The van der Waals surface area contributed by atoms with E-state index in [0.29, 0.717) is 6.42 Å². The van der Waals surface area contributed by atoms with Crippen LogP contribution >= 0.6 is 0 Å². The molecule has 4 bridgehead atoms. The Labute approximate surface area is 262 Å². The summed E-state index contributed by atoms with van der Waals surface area (Å²) in [4.78, 5) is 60.8. The van der Waals surface area contributed by atoms with Crippen molar-refractivity contribution in [2.45, 2.75) is 88.0 Å². The maximum absolute atomic E-state index is 15.3. The number of hydrogen-bond acceptors (Lipinski definition) is 6. The van der Waals surface area contributed by atoms with E-state index in [-0.39, 0.29) is 42.4 Å². The molecule has 5 rings (SSSR count). The molecule has 1 unspecified atom stereocenters. The number of ketones is 4. The lowest BCUT2D eigenvalue weighted by molar-refractivity contribution is -0.212. The minimum Gasteiger partial charge on any atom is -0.504 e. The van der Waals surface area contributed by atoms with Crippen LogP contribution in [-0.2, 0) is 14.4 Å². The number of aromatic hydroxyl groups is 2. The zero-order valence-corrected chi connectivity index (χ0v) is 27.8. The molecule has 0 radical (unpaired) electrons. The van der Waals surface area contributed by atoms with Crippen molar-refractivity contribution in [2.24, 2.45) is 39.4 Å². The molecular weight excluding hydrogens is 552 g/mol. The molecule has 2 N–H and O–H groups in total. The third-order valence-corrected chi connectivity index (χ3v) is 10.9. The van der Waals surface area contributed by atoms with E-state index in [1.807, 2.05) is 74.5 Å². The summed E-state index contributed by atoms with van der Waals surface area (Å²) in [5.74, 6) is -4.59.